The summed E-state index contributed by atoms with van der Waals surface area (Å²) >= 11 is 0. The van der Waals surface area contributed by atoms with E-state index < -0.39 is 12.2 Å². The minimum absolute atomic E-state index is 0.0253. The van der Waals surface area contributed by atoms with Crippen molar-refractivity contribution in [3.05, 3.63) is 0 Å². The van der Waals surface area contributed by atoms with Crippen LogP contribution in [0, 0.1) is 0 Å². The van der Waals surface area contributed by atoms with E-state index in [4.69, 9.17) is 9.47 Å². The highest BCUT2D eigenvalue weighted by atomic mass is 16.6. The first-order valence-electron chi connectivity index (χ1n) is 22.0. The third kappa shape index (κ3) is 31.8. The first-order valence-corrected chi connectivity index (χ1v) is 22.0. The van der Waals surface area contributed by atoms with Crippen LogP contribution in [0.4, 0.5) is 0 Å². The van der Waals surface area contributed by atoms with Crippen LogP contribution in [0.5, 0.6) is 0 Å². The lowest BCUT2D eigenvalue weighted by atomic mass is 9.99. The zero-order valence-electron chi connectivity index (χ0n) is 34.6. The largest absolute Gasteiger partial charge is 0.460 e. The number of hydrogen-bond donors (Lipinski definition) is 4. The average Bonchev–Trinajstić information content (AvgIpc) is 3.15. The fraction of sp³-hybridized carbons (Fsp3) is 0.907. The summed E-state index contributed by atoms with van der Waals surface area (Å²) in [7, 11) is 0. The molecule has 0 radical (unpaired) electrons. The number of nitrogens with one attached hydrogen (secondary N) is 2. The van der Waals surface area contributed by atoms with Gasteiger partial charge in [0.15, 0.2) is 0 Å². The summed E-state index contributed by atoms with van der Waals surface area (Å²) in [5.74, 6) is -0.525. The van der Waals surface area contributed by atoms with Crippen molar-refractivity contribution in [1.29, 1.82) is 0 Å². The standard InChI is InChI=1S/C43H82N2O8/c1-5-9-23-31-38(52-42(50)7-3)36(46)29-25-19-15-11-13-17-21-27-33-40(48)44-35-45-41(49)34-28-22-18-14-12-16-20-26-30-37(47)39(32-24-10-6-2)53-43(51)8-4/h36-39,46-47H,5-35H2,1-4H3,(H,44,48)(H,45,49). The van der Waals surface area contributed by atoms with E-state index in [-0.39, 0.29) is 42.6 Å². The Morgan fingerprint density at radius 3 is 1.06 bits per heavy atom. The van der Waals surface area contributed by atoms with Crippen LogP contribution in [0.3, 0.4) is 0 Å². The van der Waals surface area contributed by atoms with E-state index in [1.807, 2.05) is 0 Å². The summed E-state index contributed by atoms with van der Waals surface area (Å²) in [6, 6.07) is 0. The lowest BCUT2D eigenvalue weighted by Gasteiger charge is -2.23. The van der Waals surface area contributed by atoms with Crippen molar-refractivity contribution in [2.75, 3.05) is 6.67 Å². The number of unbranched alkanes of at least 4 members (excludes halogenated alkanes) is 18. The highest BCUT2D eigenvalue weighted by molar-refractivity contribution is 5.78. The number of aliphatic hydroxyl groups is 2. The third-order valence-corrected chi connectivity index (χ3v) is 10.1. The van der Waals surface area contributed by atoms with Gasteiger partial charge in [0.05, 0.1) is 18.9 Å². The van der Waals surface area contributed by atoms with Gasteiger partial charge in [-0.3, -0.25) is 19.2 Å². The van der Waals surface area contributed by atoms with E-state index in [1.165, 1.54) is 0 Å². The number of carbonyl (C=O) groups excluding carboxylic acids is 4. The second-order valence-corrected chi connectivity index (χ2v) is 15.0. The number of rotatable bonds is 38. The fourth-order valence-corrected chi connectivity index (χ4v) is 6.54. The molecule has 10 heteroatoms. The Bertz CT molecular complexity index is 832. The maximum absolute atomic E-state index is 12.1. The van der Waals surface area contributed by atoms with Crippen LogP contribution in [0.1, 0.15) is 220 Å². The molecule has 4 atom stereocenters. The molecule has 0 saturated carbocycles. The quantitative estimate of drug-likeness (QED) is 0.0277. The molecule has 0 heterocycles. The summed E-state index contributed by atoms with van der Waals surface area (Å²) in [6.07, 6.45) is 25.5. The Labute approximate surface area is 324 Å². The Kier molecular flexibility index (Phi) is 35.2. The molecule has 0 aliphatic heterocycles. The summed E-state index contributed by atoms with van der Waals surface area (Å²) in [4.78, 5) is 47.8. The molecule has 0 aromatic carbocycles. The number of aliphatic hydroxyl groups excluding tert-OH is 2. The van der Waals surface area contributed by atoms with E-state index in [0.29, 0.717) is 38.5 Å². The molecular weight excluding hydrogens is 672 g/mol. The van der Waals surface area contributed by atoms with Crippen molar-refractivity contribution >= 4 is 23.8 Å². The molecule has 0 aliphatic rings. The zero-order valence-corrected chi connectivity index (χ0v) is 34.6. The van der Waals surface area contributed by atoms with Gasteiger partial charge >= 0.3 is 11.9 Å². The lowest BCUT2D eigenvalue weighted by Crippen LogP contribution is -2.37. The Balaban J connectivity index is 3.71. The third-order valence-electron chi connectivity index (χ3n) is 10.1. The number of carbonyl (C=O) groups is 4. The molecule has 53 heavy (non-hydrogen) atoms. The summed E-state index contributed by atoms with van der Waals surface area (Å²) in [5, 5.41) is 26.7. The van der Waals surface area contributed by atoms with E-state index >= 15 is 0 Å². The van der Waals surface area contributed by atoms with Crippen LogP contribution in [0.15, 0.2) is 0 Å². The summed E-state index contributed by atoms with van der Waals surface area (Å²) in [6.45, 7) is 8.02. The van der Waals surface area contributed by atoms with Crippen LogP contribution in [-0.4, -0.2) is 65.1 Å². The number of hydrogen-bond acceptors (Lipinski definition) is 8. The molecular formula is C43H82N2O8. The molecule has 0 aromatic rings. The van der Waals surface area contributed by atoms with Crippen molar-refractivity contribution in [2.45, 2.75) is 245 Å². The predicted molar refractivity (Wildman–Crippen MR) is 214 cm³/mol. The van der Waals surface area contributed by atoms with Crippen molar-refractivity contribution in [3.63, 3.8) is 0 Å². The van der Waals surface area contributed by atoms with Gasteiger partial charge in [-0.1, -0.05) is 143 Å². The normalized spacial score (nSPS) is 13.5. The molecule has 0 fully saturated rings. The fourth-order valence-electron chi connectivity index (χ4n) is 6.54. The minimum Gasteiger partial charge on any atom is -0.460 e. The monoisotopic (exact) mass is 755 g/mol. The lowest BCUT2D eigenvalue weighted by molar-refractivity contribution is -0.156. The zero-order chi connectivity index (χ0) is 39.4. The first-order chi connectivity index (χ1) is 25.7. The summed E-state index contributed by atoms with van der Waals surface area (Å²) in [5.41, 5.74) is 0. The summed E-state index contributed by atoms with van der Waals surface area (Å²) < 4.78 is 11.0. The van der Waals surface area contributed by atoms with E-state index in [9.17, 15) is 29.4 Å². The van der Waals surface area contributed by atoms with Crippen LogP contribution < -0.4 is 10.6 Å². The number of ether oxygens (including phenoxy) is 2. The average molecular weight is 755 g/mol. The first kappa shape index (κ1) is 50.8. The minimum atomic E-state index is -0.584. The molecule has 0 saturated heterocycles. The molecule has 0 aromatic heterocycles. The second-order valence-electron chi connectivity index (χ2n) is 15.0. The Morgan fingerprint density at radius 1 is 0.434 bits per heavy atom. The van der Waals surface area contributed by atoms with Gasteiger partial charge < -0.3 is 30.3 Å². The van der Waals surface area contributed by atoms with Crippen LogP contribution in [0.2, 0.25) is 0 Å². The number of amides is 2. The maximum atomic E-state index is 12.1. The second kappa shape index (κ2) is 36.8. The molecule has 0 bridgehead atoms. The van der Waals surface area contributed by atoms with Gasteiger partial charge in [-0.15, -0.1) is 0 Å². The van der Waals surface area contributed by atoms with Gasteiger partial charge in [-0.25, -0.2) is 0 Å². The van der Waals surface area contributed by atoms with Crippen molar-refractivity contribution in [1.82, 2.24) is 10.6 Å². The van der Waals surface area contributed by atoms with E-state index in [0.717, 1.165) is 154 Å². The van der Waals surface area contributed by atoms with Gasteiger partial charge in [0, 0.05) is 25.7 Å². The van der Waals surface area contributed by atoms with Gasteiger partial charge in [0.1, 0.15) is 12.2 Å². The van der Waals surface area contributed by atoms with Gasteiger partial charge in [0.2, 0.25) is 11.8 Å². The molecule has 312 valence electrons. The van der Waals surface area contributed by atoms with Crippen LogP contribution >= 0.6 is 0 Å². The highest BCUT2D eigenvalue weighted by Gasteiger charge is 2.23. The smallest absolute Gasteiger partial charge is 0.305 e. The predicted octanol–water partition coefficient (Wildman–Crippen LogP) is 9.50. The topological polar surface area (TPSA) is 151 Å². The van der Waals surface area contributed by atoms with Crippen molar-refractivity contribution in [3.8, 4) is 0 Å². The molecule has 4 unspecified atom stereocenters. The number of esters is 2. The SMILES string of the molecule is CCCCCC(OC(=O)CC)C(O)CCCCCCCCCCC(=O)NCNC(=O)CCCCCCCCCCC(O)C(CCCCC)OC(=O)CC. The Hall–Kier alpha value is -2.20. The van der Waals surface area contributed by atoms with Gasteiger partial charge in [0.25, 0.3) is 0 Å². The van der Waals surface area contributed by atoms with Crippen molar-refractivity contribution < 1.29 is 38.9 Å². The van der Waals surface area contributed by atoms with Gasteiger partial charge in [-0.05, 0) is 51.4 Å². The molecule has 10 nitrogen and oxygen atoms in total. The van der Waals surface area contributed by atoms with Crippen LogP contribution in [-0.2, 0) is 28.7 Å². The molecule has 0 spiro atoms. The highest BCUT2D eigenvalue weighted by Crippen LogP contribution is 2.19. The van der Waals surface area contributed by atoms with Crippen molar-refractivity contribution in [2.24, 2.45) is 0 Å². The molecule has 2 amide bonds. The molecule has 4 N–H and O–H groups in total. The van der Waals surface area contributed by atoms with E-state index in [1.54, 1.807) is 13.8 Å². The van der Waals surface area contributed by atoms with Crippen LogP contribution in [0.25, 0.3) is 0 Å². The molecule has 0 rings (SSSR count). The van der Waals surface area contributed by atoms with Gasteiger partial charge in [-0.2, -0.15) is 0 Å². The molecule has 0 aliphatic carbocycles. The maximum Gasteiger partial charge on any atom is 0.305 e. The Morgan fingerprint density at radius 2 is 0.736 bits per heavy atom. The van der Waals surface area contributed by atoms with E-state index in [2.05, 4.69) is 24.5 Å².